The lowest BCUT2D eigenvalue weighted by Crippen LogP contribution is -2.42. The molecule has 4 rings (SSSR count). The number of halogens is 1. The molecule has 0 amide bonds. The Kier molecular flexibility index (Phi) is 2.45. The van der Waals surface area contributed by atoms with Crippen LogP contribution in [-0.2, 0) is 11.2 Å². The van der Waals surface area contributed by atoms with Gasteiger partial charge in [0.2, 0.25) is 0 Å². The third-order valence-electron chi connectivity index (χ3n) is 3.48. The van der Waals surface area contributed by atoms with E-state index in [0.717, 1.165) is 11.0 Å². The zero-order chi connectivity index (χ0) is 10.4. The Balaban J connectivity index is 1.66. The molecule has 1 aromatic rings. The summed E-state index contributed by atoms with van der Waals surface area (Å²) in [5.74, 6) is 1.37. The van der Waals surface area contributed by atoms with Crippen molar-refractivity contribution in [3.63, 3.8) is 0 Å². The van der Waals surface area contributed by atoms with Gasteiger partial charge < -0.3 is 5.32 Å². The fourth-order valence-corrected chi connectivity index (χ4v) is 4.16. The molecule has 3 unspecified atom stereocenters. The Morgan fingerprint density at radius 1 is 1.67 bits per heavy atom. The Morgan fingerprint density at radius 3 is 3.07 bits per heavy atom. The molecule has 2 saturated heterocycles. The van der Waals surface area contributed by atoms with E-state index >= 15 is 0 Å². The number of ketones is 1. The van der Waals surface area contributed by atoms with Gasteiger partial charge >= 0.3 is 0 Å². The van der Waals surface area contributed by atoms with E-state index in [1.54, 1.807) is 11.3 Å². The summed E-state index contributed by atoms with van der Waals surface area (Å²) in [6, 6.07) is 2.54. The smallest absolute Gasteiger partial charge is 0.143 e. The van der Waals surface area contributed by atoms with Crippen molar-refractivity contribution >= 4 is 33.0 Å². The number of carbonyl (C=O) groups is 1. The molecular weight excluding hydrogens is 274 g/mol. The summed E-state index contributed by atoms with van der Waals surface area (Å²) in [4.78, 5) is 13.2. The number of hydrogen-bond donors (Lipinski definition) is 1. The number of rotatable bonds is 3. The molecule has 80 valence electrons. The first-order valence-corrected chi connectivity index (χ1v) is 6.90. The molecular formula is C11H12BrNOS. The number of carbonyl (C=O) groups excluding carboxylic acids is 1. The lowest BCUT2D eigenvalue weighted by atomic mass is 9.71. The van der Waals surface area contributed by atoms with Gasteiger partial charge in [-0.3, -0.25) is 4.79 Å². The SMILES string of the molecule is O=C(Cc1cc(Br)cs1)C1C2CNC1C2. The number of thiophene rings is 1. The van der Waals surface area contributed by atoms with E-state index in [1.165, 1.54) is 11.3 Å². The Hall–Kier alpha value is -0.190. The summed E-state index contributed by atoms with van der Waals surface area (Å²) >= 11 is 5.08. The average molecular weight is 286 g/mol. The zero-order valence-corrected chi connectivity index (χ0v) is 10.6. The number of hydrogen-bond acceptors (Lipinski definition) is 3. The van der Waals surface area contributed by atoms with E-state index in [2.05, 4.69) is 27.3 Å². The summed E-state index contributed by atoms with van der Waals surface area (Å²) in [6.45, 7) is 1.05. The Morgan fingerprint density at radius 2 is 2.53 bits per heavy atom. The van der Waals surface area contributed by atoms with E-state index in [0.29, 0.717) is 30.1 Å². The molecule has 2 aliphatic heterocycles. The van der Waals surface area contributed by atoms with Gasteiger partial charge in [-0.25, -0.2) is 0 Å². The van der Waals surface area contributed by atoms with E-state index in [-0.39, 0.29) is 0 Å². The van der Waals surface area contributed by atoms with Gasteiger partial charge in [-0.1, -0.05) is 0 Å². The second kappa shape index (κ2) is 3.68. The molecule has 0 spiro atoms. The van der Waals surface area contributed by atoms with Crippen LogP contribution in [0, 0.1) is 11.8 Å². The third kappa shape index (κ3) is 1.69. The minimum absolute atomic E-state index is 0.311. The molecule has 15 heavy (non-hydrogen) atoms. The van der Waals surface area contributed by atoms with Crippen LogP contribution in [0.1, 0.15) is 11.3 Å². The van der Waals surface area contributed by atoms with Crippen LogP contribution < -0.4 is 5.32 Å². The van der Waals surface area contributed by atoms with Crippen LogP contribution in [0.5, 0.6) is 0 Å². The lowest BCUT2D eigenvalue weighted by molar-refractivity contribution is -0.126. The molecule has 0 aromatic carbocycles. The maximum Gasteiger partial charge on any atom is 0.143 e. The lowest BCUT2D eigenvalue weighted by Gasteiger charge is -2.32. The minimum atomic E-state index is 0.311. The second-order valence-corrected chi connectivity index (χ2v) is 6.32. The number of fused-ring (bicyclic) bond motifs is 1. The highest BCUT2D eigenvalue weighted by Crippen LogP contribution is 2.41. The number of nitrogens with one attached hydrogen (secondary N) is 1. The zero-order valence-electron chi connectivity index (χ0n) is 8.20. The highest BCUT2D eigenvalue weighted by molar-refractivity contribution is 9.10. The predicted molar refractivity (Wildman–Crippen MR) is 64.1 cm³/mol. The first kappa shape index (κ1) is 10.00. The fraction of sp³-hybridized carbons (Fsp3) is 0.545. The van der Waals surface area contributed by atoms with Crippen molar-refractivity contribution in [2.45, 2.75) is 18.9 Å². The normalized spacial score (nSPS) is 32.7. The van der Waals surface area contributed by atoms with Crippen molar-refractivity contribution in [2.75, 3.05) is 6.54 Å². The first-order chi connectivity index (χ1) is 7.24. The van der Waals surface area contributed by atoms with E-state index in [4.69, 9.17) is 0 Å². The van der Waals surface area contributed by atoms with E-state index in [1.807, 2.05) is 5.38 Å². The quantitative estimate of drug-likeness (QED) is 0.923. The van der Waals surface area contributed by atoms with Crippen molar-refractivity contribution < 1.29 is 4.79 Å². The molecule has 1 N–H and O–H groups in total. The van der Waals surface area contributed by atoms with Gasteiger partial charge in [0.15, 0.2) is 0 Å². The highest BCUT2D eigenvalue weighted by Gasteiger charge is 2.49. The van der Waals surface area contributed by atoms with Crippen LogP contribution in [0.25, 0.3) is 0 Å². The molecule has 3 aliphatic rings. The molecule has 4 heteroatoms. The molecule has 3 fully saturated rings. The molecule has 2 bridgehead atoms. The van der Waals surface area contributed by atoms with Gasteiger partial charge in [-0.15, -0.1) is 11.3 Å². The largest absolute Gasteiger partial charge is 0.313 e. The maximum atomic E-state index is 12.0. The van der Waals surface area contributed by atoms with E-state index < -0.39 is 0 Å². The summed E-state index contributed by atoms with van der Waals surface area (Å²) in [5.41, 5.74) is 0. The van der Waals surface area contributed by atoms with Crippen molar-refractivity contribution in [2.24, 2.45) is 11.8 Å². The Bertz CT molecular complexity index is 389. The predicted octanol–water partition coefficient (Wildman–Crippen LogP) is 2.23. The molecule has 0 radical (unpaired) electrons. The fourth-order valence-electron chi connectivity index (χ4n) is 2.70. The monoisotopic (exact) mass is 285 g/mol. The Labute approximate surface area is 101 Å². The van der Waals surface area contributed by atoms with Gasteiger partial charge in [0.05, 0.1) is 0 Å². The van der Waals surface area contributed by atoms with Crippen LogP contribution in [0.15, 0.2) is 15.9 Å². The molecule has 2 nitrogen and oxygen atoms in total. The second-order valence-electron chi connectivity index (χ2n) is 4.41. The highest BCUT2D eigenvalue weighted by atomic mass is 79.9. The molecule has 1 aromatic heterocycles. The van der Waals surface area contributed by atoms with Crippen LogP contribution in [0.2, 0.25) is 0 Å². The molecule has 3 heterocycles. The molecule has 1 aliphatic carbocycles. The van der Waals surface area contributed by atoms with Crippen molar-refractivity contribution in [1.29, 1.82) is 0 Å². The van der Waals surface area contributed by atoms with Crippen LogP contribution in [0.4, 0.5) is 0 Å². The summed E-state index contributed by atoms with van der Waals surface area (Å²) in [6.07, 6.45) is 1.83. The van der Waals surface area contributed by atoms with Gasteiger partial charge in [0, 0.05) is 33.1 Å². The van der Waals surface area contributed by atoms with Gasteiger partial charge in [0.1, 0.15) is 5.78 Å². The van der Waals surface area contributed by atoms with Gasteiger partial charge in [-0.2, -0.15) is 0 Å². The van der Waals surface area contributed by atoms with Gasteiger partial charge in [-0.05, 0) is 40.9 Å². The molecule has 3 atom stereocenters. The van der Waals surface area contributed by atoms with Crippen molar-refractivity contribution in [3.8, 4) is 0 Å². The van der Waals surface area contributed by atoms with Crippen LogP contribution in [0.3, 0.4) is 0 Å². The van der Waals surface area contributed by atoms with Crippen molar-refractivity contribution in [3.05, 3.63) is 20.8 Å². The summed E-state index contributed by atoms with van der Waals surface area (Å²) in [7, 11) is 0. The van der Waals surface area contributed by atoms with Crippen molar-refractivity contribution in [1.82, 2.24) is 5.32 Å². The standard InChI is InChI=1S/C11H12BrNOS/c12-7-2-8(15-5-7)3-10(14)11-6-1-9(11)13-4-6/h2,5-6,9,11,13H,1,3-4H2. The van der Waals surface area contributed by atoms with Crippen LogP contribution in [-0.4, -0.2) is 18.4 Å². The molecule has 1 saturated carbocycles. The average Bonchev–Trinajstić information content (AvgIpc) is 2.79. The summed E-state index contributed by atoms with van der Waals surface area (Å²) < 4.78 is 1.09. The number of Topliss-reactive ketones (excluding diaryl/α,β-unsaturated/α-hetero) is 1. The third-order valence-corrected chi connectivity index (χ3v) is 5.18. The first-order valence-electron chi connectivity index (χ1n) is 5.23. The van der Waals surface area contributed by atoms with Crippen LogP contribution >= 0.6 is 27.3 Å². The topological polar surface area (TPSA) is 29.1 Å². The minimum Gasteiger partial charge on any atom is -0.313 e. The maximum absolute atomic E-state index is 12.0. The van der Waals surface area contributed by atoms with Gasteiger partial charge in [0.25, 0.3) is 0 Å². The summed E-state index contributed by atoms with van der Waals surface area (Å²) in [5, 5.41) is 5.43. The van der Waals surface area contributed by atoms with E-state index in [9.17, 15) is 4.79 Å².